The summed E-state index contributed by atoms with van der Waals surface area (Å²) in [7, 11) is -2.09. The van der Waals surface area contributed by atoms with Crippen molar-refractivity contribution in [2.24, 2.45) is 0 Å². The van der Waals surface area contributed by atoms with E-state index in [1.54, 1.807) is 24.1 Å². The molecule has 1 aromatic heterocycles. The minimum absolute atomic E-state index is 0. The number of aromatic nitrogens is 1. The topological polar surface area (TPSA) is 83.1 Å². The van der Waals surface area contributed by atoms with Crippen molar-refractivity contribution in [1.29, 1.82) is 0 Å². The molecule has 0 bridgehead atoms. The standard InChI is InChI=1S/C30H34N4O4S2.ClH/c1-4-32(5-2)19-20-34(30-31-28-26(38-3)11-8-12-27(28)39-30)29(35)23-13-15-25(16-14-23)40(36,37)33-18-17-22-9-6-7-10-24(22)21-33;/h6-16H,4-5,17-21H2,1-3H3;1H. The molecule has 1 aliphatic rings. The Morgan fingerprint density at radius 3 is 2.37 bits per heavy atom. The second-order valence-corrected chi connectivity index (χ2v) is 12.6. The normalized spacial score (nSPS) is 13.6. The molecule has 0 spiro atoms. The number of fused-ring (bicyclic) bond motifs is 2. The Bertz CT molecular complexity index is 1600. The summed E-state index contributed by atoms with van der Waals surface area (Å²) in [6.45, 7) is 7.86. The number of carbonyl (C=O) groups is 1. The molecule has 2 heterocycles. The fourth-order valence-corrected chi connectivity index (χ4v) is 7.43. The van der Waals surface area contributed by atoms with Gasteiger partial charge in [0.1, 0.15) is 11.3 Å². The van der Waals surface area contributed by atoms with Gasteiger partial charge in [-0.1, -0.05) is 55.5 Å². The van der Waals surface area contributed by atoms with Gasteiger partial charge >= 0.3 is 0 Å². The highest BCUT2D eigenvalue weighted by atomic mass is 35.5. The summed E-state index contributed by atoms with van der Waals surface area (Å²) < 4.78 is 34.8. The zero-order valence-corrected chi connectivity index (χ0v) is 25.9. The van der Waals surface area contributed by atoms with Gasteiger partial charge in [0.2, 0.25) is 10.0 Å². The molecule has 0 radical (unpaired) electrons. The van der Waals surface area contributed by atoms with E-state index in [0.717, 1.165) is 28.9 Å². The molecule has 218 valence electrons. The van der Waals surface area contributed by atoms with Gasteiger partial charge in [0.05, 0.1) is 16.7 Å². The number of methoxy groups -OCH3 is 1. The fourth-order valence-electron chi connectivity index (χ4n) is 5.01. The average Bonchev–Trinajstić information content (AvgIpc) is 3.43. The summed E-state index contributed by atoms with van der Waals surface area (Å²) >= 11 is 1.44. The Morgan fingerprint density at radius 2 is 1.68 bits per heavy atom. The smallest absolute Gasteiger partial charge is 0.260 e. The molecule has 0 fully saturated rings. The number of hydrogen-bond donors (Lipinski definition) is 0. The lowest BCUT2D eigenvalue weighted by molar-refractivity contribution is 0.0983. The third-order valence-corrected chi connectivity index (χ3v) is 10.3. The van der Waals surface area contributed by atoms with Crippen LogP contribution in [0.15, 0.2) is 71.6 Å². The molecule has 0 atom stereocenters. The van der Waals surface area contributed by atoms with Gasteiger partial charge < -0.3 is 9.64 Å². The number of thiazole rings is 1. The zero-order valence-electron chi connectivity index (χ0n) is 23.4. The van der Waals surface area contributed by atoms with E-state index >= 15 is 0 Å². The number of nitrogens with zero attached hydrogens (tertiary/aromatic N) is 4. The number of hydrogen-bond acceptors (Lipinski definition) is 7. The maximum Gasteiger partial charge on any atom is 0.260 e. The third-order valence-electron chi connectivity index (χ3n) is 7.44. The van der Waals surface area contributed by atoms with E-state index < -0.39 is 10.0 Å². The summed E-state index contributed by atoms with van der Waals surface area (Å²) in [4.78, 5) is 22.7. The van der Waals surface area contributed by atoms with Gasteiger partial charge in [-0.2, -0.15) is 4.31 Å². The lowest BCUT2D eigenvalue weighted by Gasteiger charge is -2.28. The van der Waals surface area contributed by atoms with Gasteiger partial charge in [-0.3, -0.25) is 9.69 Å². The summed E-state index contributed by atoms with van der Waals surface area (Å²) in [5, 5.41) is 0.584. The first kappa shape index (κ1) is 30.9. The largest absolute Gasteiger partial charge is 0.494 e. The molecule has 8 nitrogen and oxygen atoms in total. The molecule has 11 heteroatoms. The van der Waals surface area contributed by atoms with Gasteiger partial charge in [0, 0.05) is 31.7 Å². The minimum Gasteiger partial charge on any atom is -0.494 e. The highest BCUT2D eigenvalue weighted by Crippen LogP contribution is 2.35. The molecule has 1 amide bonds. The van der Waals surface area contributed by atoms with E-state index in [2.05, 4.69) is 18.7 Å². The highest BCUT2D eigenvalue weighted by molar-refractivity contribution is 7.89. The van der Waals surface area contributed by atoms with Gasteiger partial charge in [-0.15, -0.1) is 12.4 Å². The van der Waals surface area contributed by atoms with Crippen LogP contribution in [0.4, 0.5) is 5.13 Å². The van der Waals surface area contributed by atoms with Crippen LogP contribution in [0.1, 0.15) is 35.3 Å². The minimum atomic E-state index is -3.70. The van der Waals surface area contributed by atoms with Crippen molar-refractivity contribution in [2.75, 3.05) is 44.7 Å². The lowest BCUT2D eigenvalue weighted by atomic mass is 10.0. The van der Waals surface area contributed by atoms with Crippen LogP contribution in [0.25, 0.3) is 10.2 Å². The number of sulfonamides is 1. The van der Waals surface area contributed by atoms with Gasteiger partial charge in [-0.05, 0) is 67.0 Å². The average molecular weight is 615 g/mol. The summed E-state index contributed by atoms with van der Waals surface area (Å²) in [6.07, 6.45) is 0.681. The number of anilines is 1. The Labute approximate surface area is 252 Å². The maximum absolute atomic E-state index is 13.8. The van der Waals surface area contributed by atoms with Crippen LogP contribution in [-0.2, 0) is 23.0 Å². The molecule has 41 heavy (non-hydrogen) atoms. The van der Waals surface area contributed by atoms with Crippen LogP contribution < -0.4 is 9.64 Å². The van der Waals surface area contributed by atoms with Crippen LogP contribution in [0.5, 0.6) is 5.75 Å². The quantitative estimate of drug-likeness (QED) is 0.236. The summed E-state index contributed by atoms with van der Waals surface area (Å²) in [5.41, 5.74) is 3.34. The first-order valence-corrected chi connectivity index (χ1v) is 15.8. The number of carbonyl (C=O) groups excluding carboxylic acids is 1. The predicted molar refractivity (Wildman–Crippen MR) is 167 cm³/mol. The molecule has 3 aromatic carbocycles. The van der Waals surface area contributed by atoms with Crippen LogP contribution >= 0.6 is 23.7 Å². The maximum atomic E-state index is 13.8. The van der Waals surface area contributed by atoms with Crippen LogP contribution in [0.3, 0.4) is 0 Å². The second kappa shape index (κ2) is 13.3. The van der Waals surface area contributed by atoms with E-state index in [1.807, 2.05) is 42.5 Å². The number of benzene rings is 3. The molecule has 1 aliphatic heterocycles. The molecule has 0 aliphatic carbocycles. The third kappa shape index (κ3) is 6.42. The summed E-state index contributed by atoms with van der Waals surface area (Å²) in [5.74, 6) is 0.437. The summed E-state index contributed by atoms with van der Waals surface area (Å²) in [6, 6.07) is 19.9. The Kier molecular flexibility index (Phi) is 10.0. The van der Waals surface area contributed by atoms with E-state index in [9.17, 15) is 13.2 Å². The highest BCUT2D eigenvalue weighted by Gasteiger charge is 2.29. The lowest BCUT2D eigenvalue weighted by Crippen LogP contribution is -2.39. The molecule has 4 aromatic rings. The number of likely N-dealkylation sites (N-methyl/N-ethyl adjacent to an activating group) is 1. The Morgan fingerprint density at radius 1 is 0.976 bits per heavy atom. The van der Waals surface area contributed by atoms with Crippen molar-refractivity contribution in [1.82, 2.24) is 14.2 Å². The SMILES string of the molecule is CCN(CC)CCN(C(=O)c1ccc(S(=O)(=O)N2CCc3ccccc3C2)cc1)c1nc2c(OC)cccc2s1.Cl. The molecule has 0 saturated heterocycles. The second-order valence-electron chi connectivity index (χ2n) is 9.67. The molecule has 0 saturated carbocycles. The van der Waals surface area contributed by atoms with E-state index in [1.165, 1.54) is 33.3 Å². The zero-order chi connectivity index (χ0) is 28.3. The number of halogens is 1. The Hall–Kier alpha value is -3.02. The van der Waals surface area contributed by atoms with Crippen molar-refractivity contribution in [3.8, 4) is 5.75 Å². The molecule has 0 unspecified atom stereocenters. The molecular weight excluding hydrogens is 580 g/mol. The Balaban J connectivity index is 0.00000387. The van der Waals surface area contributed by atoms with Crippen LogP contribution in [0.2, 0.25) is 0 Å². The van der Waals surface area contributed by atoms with Crippen molar-refractivity contribution in [3.05, 3.63) is 83.4 Å². The molecule has 0 N–H and O–H groups in total. The van der Waals surface area contributed by atoms with Crippen molar-refractivity contribution in [2.45, 2.75) is 31.7 Å². The van der Waals surface area contributed by atoms with E-state index in [0.29, 0.717) is 49.0 Å². The van der Waals surface area contributed by atoms with Crippen LogP contribution in [-0.4, -0.2) is 68.3 Å². The van der Waals surface area contributed by atoms with E-state index in [4.69, 9.17) is 9.72 Å². The fraction of sp³-hybridized carbons (Fsp3) is 0.333. The first-order valence-electron chi connectivity index (χ1n) is 13.5. The van der Waals surface area contributed by atoms with E-state index in [-0.39, 0.29) is 23.2 Å². The van der Waals surface area contributed by atoms with Crippen LogP contribution in [0, 0.1) is 0 Å². The van der Waals surface area contributed by atoms with Gasteiger partial charge in [0.15, 0.2) is 5.13 Å². The van der Waals surface area contributed by atoms with Crippen molar-refractivity contribution >= 4 is 55.0 Å². The number of amides is 1. The van der Waals surface area contributed by atoms with Gasteiger partial charge in [0.25, 0.3) is 5.91 Å². The number of para-hydroxylation sites is 1. The monoisotopic (exact) mass is 614 g/mol. The molecule has 5 rings (SSSR count). The predicted octanol–water partition coefficient (Wildman–Crippen LogP) is 5.46. The van der Waals surface area contributed by atoms with Crippen molar-refractivity contribution in [3.63, 3.8) is 0 Å². The first-order chi connectivity index (χ1) is 19.3. The number of ether oxygens (including phenoxy) is 1. The molecular formula is C30H35ClN4O4S2. The van der Waals surface area contributed by atoms with Crippen molar-refractivity contribution < 1.29 is 17.9 Å². The van der Waals surface area contributed by atoms with Gasteiger partial charge in [-0.25, -0.2) is 13.4 Å². The number of rotatable bonds is 10.